The van der Waals surface area contributed by atoms with E-state index in [1.165, 1.54) is 11.0 Å². The summed E-state index contributed by atoms with van der Waals surface area (Å²) >= 11 is 0. The molecule has 2 aromatic rings. The second-order valence-electron chi connectivity index (χ2n) is 9.22. The minimum atomic E-state index is -3.01. The van der Waals surface area contributed by atoms with E-state index in [1.807, 2.05) is 0 Å². The molecular formula is C21H18F3N5O6. The molecule has 4 aliphatic rings. The van der Waals surface area contributed by atoms with Crippen molar-refractivity contribution in [3.05, 3.63) is 23.1 Å². The van der Waals surface area contributed by atoms with Crippen LogP contribution in [-0.2, 0) is 20.7 Å². The van der Waals surface area contributed by atoms with E-state index in [9.17, 15) is 28.0 Å². The third-order valence-corrected chi connectivity index (χ3v) is 7.11. The van der Waals surface area contributed by atoms with E-state index in [0.29, 0.717) is 0 Å². The molecule has 1 spiro atoms. The van der Waals surface area contributed by atoms with Gasteiger partial charge in [-0.15, -0.1) is 0 Å². The lowest BCUT2D eigenvalue weighted by atomic mass is 9.66. The van der Waals surface area contributed by atoms with Gasteiger partial charge >= 0.3 is 6.03 Å². The fourth-order valence-corrected chi connectivity index (χ4v) is 5.62. The van der Waals surface area contributed by atoms with Gasteiger partial charge in [-0.3, -0.25) is 25.0 Å². The zero-order valence-electron chi connectivity index (χ0n) is 18.2. The van der Waals surface area contributed by atoms with Gasteiger partial charge in [0.15, 0.2) is 16.9 Å². The molecule has 6 rings (SSSR count). The summed E-state index contributed by atoms with van der Waals surface area (Å²) in [6.07, 6.45) is -0.994. The predicted octanol–water partition coefficient (Wildman–Crippen LogP) is 0.560. The number of halogens is 3. The van der Waals surface area contributed by atoms with Crippen LogP contribution in [0, 0.1) is 11.2 Å². The van der Waals surface area contributed by atoms with Crippen LogP contribution in [0.2, 0.25) is 0 Å². The minimum absolute atomic E-state index is 0.0615. The first-order chi connectivity index (χ1) is 16.5. The van der Waals surface area contributed by atoms with Gasteiger partial charge in [0.05, 0.1) is 42.9 Å². The molecule has 0 aliphatic carbocycles. The average Bonchev–Trinajstić information content (AvgIpc) is 3.19. The number of carbonyl (C=O) groups excluding carboxylic acids is 4. The number of fused-ring (bicyclic) bond motifs is 5. The molecule has 3 fully saturated rings. The zero-order valence-corrected chi connectivity index (χ0v) is 18.2. The molecule has 5 amide bonds. The lowest BCUT2D eigenvalue weighted by Crippen LogP contribution is -2.74. The van der Waals surface area contributed by atoms with Gasteiger partial charge in [-0.2, -0.15) is 0 Å². The molecule has 3 saturated heterocycles. The number of nitrogens with one attached hydrogen (secondary N) is 2. The highest BCUT2D eigenvalue weighted by Gasteiger charge is 2.63. The van der Waals surface area contributed by atoms with E-state index in [1.54, 1.807) is 6.92 Å². The van der Waals surface area contributed by atoms with Crippen molar-refractivity contribution >= 4 is 40.4 Å². The van der Waals surface area contributed by atoms with Gasteiger partial charge in [-0.1, -0.05) is 5.16 Å². The van der Waals surface area contributed by atoms with Crippen LogP contribution < -0.4 is 15.5 Å². The van der Waals surface area contributed by atoms with E-state index in [2.05, 4.69) is 15.8 Å². The Balaban J connectivity index is 1.51. The van der Waals surface area contributed by atoms with Crippen molar-refractivity contribution in [3.8, 4) is 0 Å². The molecule has 0 bridgehead atoms. The predicted molar refractivity (Wildman–Crippen MR) is 109 cm³/mol. The van der Waals surface area contributed by atoms with Crippen molar-refractivity contribution in [1.82, 2.24) is 20.7 Å². The van der Waals surface area contributed by atoms with Crippen LogP contribution >= 0.6 is 0 Å². The number of barbiturate groups is 1. The number of likely N-dealkylation sites (tertiary alicyclic amines) is 1. The normalized spacial score (nSPS) is 26.7. The van der Waals surface area contributed by atoms with Crippen molar-refractivity contribution < 1.29 is 41.6 Å². The largest absolute Gasteiger partial charge is 0.374 e. The first-order valence-electron chi connectivity index (χ1n) is 10.9. The first kappa shape index (κ1) is 21.8. The van der Waals surface area contributed by atoms with Crippen LogP contribution in [-0.4, -0.2) is 78.1 Å². The summed E-state index contributed by atoms with van der Waals surface area (Å²) in [6, 6.07) is -0.534. The molecule has 4 aliphatic heterocycles. The summed E-state index contributed by atoms with van der Waals surface area (Å²) in [5, 5.41) is 7.82. The molecule has 184 valence electrons. The monoisotopic (exact) mass is 493 g/mol. The summed E-state index contributed by atoms with van der Waals surface area (Å²) in [7, 11) is 0. The fraction of sp³-hybridized carbons (Fsp3) is 0.476. The second kappa shape index (κ2) is 6.93. The van der Waals surface area contributed by atoms with E-state index >= 15 is 4.39 Å². The van der Waals surface area contributed by atoms with Crippen LogP contribution in [0.4, 0.5) is 23.7 Å². The number of aromatic nitrogens is 1. The van der Waals surface area contributed by atoms with Gasteiger partial charge in [-0.25, -0.2) is 18.0 Å². The molecule has 2 N–H and O–H groups in total. The average molecular weight is 493 g/mol. The Morgan fingerprint density at radius 1 is 1.20 bits per heavy atom. The highest BCUT2D eigenvalue weighted by Crippen LogP contribution is 2.48. The number of imide groups is 2. The van der Waals surface area contributed by atoms with E-state index in [0.717, 1.165) is 4.90 Å². The summed E-state index contributed by atoms with van der Waals surface area (Å²) < 4.78 is 53.2. The zero-order chi connectivity index (χ0) is 24.9. The number of nitrogens with zero attached hydrogens (tertiary/aromatic N) is 3. The van der Waals surface area contributed by atoms with E-state index in [-0.39, 0.29) is 47.5 Å². The summed E-state index contributed by atoms with van der Waals surface area (Å²) in [6.45, 7) is 0.363. The maximum Gasteiger partial charge on any atom is 0.328 e. The number of alkyl halides is 2. The molecule has 5 heterocycles. The molecule has 14 heteroatoms. The Morgan fingerprint density at radius 2 is 1.89 bits per heavy atom. The minimum Gasteiger partial charge on any atom is -0.374 e. The molecule has 35 heavy (non-hydrogen) atoms. The number of rotatable bonds is 1. The van der Waals surface area contributed by atoms with Gasteiger partial charge in [0.2, 0.25) is 17.4 Å². The van der Waals surface area contributed by atoms with Crippen molar-refractivity contribution in [2.24, 2.45) is 5.41 Å². The quantitative estimate of drug-likeness (QED) is 0.551. The van der Waals surface area contributed by atoms with Gasteiger partial charge in [0, 0.05) is 13.0 Å². The highest BCUT2D eigenvalue weighted by atomic mass is 19.3. The van der Waals surface area contributed by atoms with Crippen LogP contribution in [0.5, 0.6) is 0 Å². The Kier molecular flexibility index (Phi) is 4.32. The maximum atomic E-state index is 15.8. The lowest BCUT2D eigenvalue weighted by molar-refractivity contribution is -0.151. The number of hydrogen-bond acceptors (Lipinski definition) is 8. The summed E-state index contributed by atoms with van der Waals surface area (Å²) in [4.78, 5) is 53.2. The third-order valence-electron chi connectivity index (χ3n) is 7.11. The third kappa shape index (κ3) is 2.85. The molecule has 0 radical (unpaired) electrons. The Labute approximate surface area is 194 Å². The van der Waals surface area contributed by atoms with Crippen LogP contribution in [0.1, 0.15) is 23.0 Å². The maximum absolute atomic E-state index is 15.8. The Bertz CT molecular complexity index is 1310. The van der Waals surface area contributed by atoms with Crippen molar-refractivity contribution in [1.29, 1.82) is 0 Å². The van der Waals surface area contributed by atoms with Gasteiger partial charge in [-0.05, 0) is 18.6 Å². The smallest absolute Gasteiger partial charge is 0.328 e. The first-order valence-corrected chi connectivity index (χ1v) is 10.9. The Morgan fingerprint density at radius 3 is 2.54 bits per heavy atom. The molecule has 1 aromatic heterocycles. The van der Waals surface area contributed by atoms with Crippen LogP contribution in [0.25, 0.3) is 11.0 Å². The number of urea groups is 1. The van der Waals surface area contributed by atoms with E-state index < -0.39 is 66.1 Å². The summed E-state index contributed by atoms with van der Waals surface area (Å²) in [5.41, 5.74) is -2.27. The molecule has 0 unspecified atom stereocenters. The SMILES string of the molecule is C[C@@H]1OCCN2c3c(cc4c(C(=O)N5CC(F)(F)C5)noc4c3F)CC3(C(=O)NC(=O)NC3=O)[C@@H]12. The number of morpholine rings is 1. The number of benzene rings is 1. The van der Waals surface area contributed by atoms with Crippen LogP contribution in [0.15, 0.2) is 10.6 Å². The standard InChI is InChI=1S/C21H18F3N5O6/c1-8-15-21(17(31)25-19(33)26-18(21)32)5-9-4-10-12(16(30)28-6-20(23,24)7-28)27-35-14(10)11(22)13(9)29(15)2-3-34-8/h4,8,15H,2-3,5-7H2,1H3,(H2,25,26,31,32,33)/t8-,15+/m0/s1. The topological polar surface area (TPSA) is 134 Å². The highest BCUT2D eigenvalue weighted by molar-refractivity contribution is 6.20. The fourth-order valence-electron chi connectivity index (χ4n) is 5.62. The van der Waals surface area contributed by atoms with Crippen molar-refractivity contribution in [2.75, 3.05) is 31.1 Å². The van der Waals surface area contributed by atoms with E-state index in [4.69, 9.17) is 9.26 Å². The molecule has 11 nitrogen and oxygen atoms in total. The van der Waals surface area contributed by atoms with Gasteiger partial charge in [0.25, 0.3) is 11.8 Å². The number of anilines is 1. The van der Waals surface area contributed by atoms with Crippen molar-refractivity contribution in [2.45, 2.75) is 31.4 Å². The number of hydrogen-bond donors (Lipinski definition) is 2. The summed E-state index contributed by atoms with van der Waals surface area (Å²) in [5.74, 6) is -6.42. The van der Waals surface area contributed by atoms with Gasteiger partial charge in [0.1, 0.15) is 0 Å². The lowest BCUT2D eigenvalue weighted by Gasteiger charge is -2.54. The Hall–Kier alpha value is -3.68. The second-order valence-corrected chi connectivity index (χ2v) is 9.22. The molecule has 2 atom stereocenters. The molecular weight excluding hydrogens is 475 g/mol. The number of carbonyl (C=O) groups is 4. The van der Waals surface area contributed by atoms with Crippen LogP contribution in [0.3, 0.4) is 0 Å². The van der Waals surface area contributed by atoms with Crippen molar-refractivity contribution in [3.63, 3.8) is 0 Å². The molecule has 0 saturated carbocycles. The van der Waals surface area contributed by atoms with Gasteiger partial charge < -0.3 is 19.1 Å². The molecule has 1 aromatic carbocycles. The number of ether oxygens (including phenoxy) is 1. The number of amides is 5.